The quantitative estimate of drug-likeness (QED) is 0.674. The highest BCUT2D eigenvalue weighted by Crippen LogP contribution is 2.49. The first-order valence-electron chi connectivity index (χ1n) is 9.14. The van der Waals surface area contributed by atoms with E-state index < -0.39 is 5.54 Å². The maximum Gasteiger partial charge on any atom is 0.240 e. The third-order valence-corrected chi connectivity index (χ3v) is 5.42. The average molecular weight is 385 g/mol. The van der Waals surface area contributed by atoms with Crippen molar-refractivity contribution in [3.63, 3.8) is 0 Å². The van der Waals surface area contributed by atoms with Crippen LogP contribution in [0.2, 0.25) is 0 Å². The molecule has 3 N–H and O–H groups in total. The maximum atomic E-state index is 12.6. The van der Waals surface area contributed by atoms with Crippen LogP contribution < -0.4 is 15.8 Å². The standard InChI is InChI=1S/C20H32N2O3.ClH/c1-6-24-17-13-20(21,19(17,4)5)18(23)22-11-12-25-16-10-8-7-9-15(16)14(2)3;/h7-10,14,17H,6,11-13,21H2,1-5H3,(H,22,23);1H. The van der Waals surface area contributed by atoms with E-state index >= 15 is 0 Å². The van der Waals surface area contributed by atoms with Crippen LogP contribution in [-0.4, -0.2) is 37.3 Å². The molecule has 0 aromatic heterocycles. The van der Waals surface area contributed by atoms with Crippen LogP contribution >= 0.6 is 12.4 Å². The molecular formula is C20H33ClN2O3. The Morgan fingerprint density at radius 1 is 1.35 bits per heavy atom. The van der Waals surface area contributed by atoms with Crippen LogP contribution in [0.3, 0.4) is 0 Å². The molecule has 0 bridgehead atoms. The first-order valence-corrected chi connectivity index (χ1v) is 9.14. The number of nitrogens with one attached hydrogen (secondary N) is 1. The molecule has 0 aliphatic heterocycles. The lowest BCUT2D eigenvalue weighted by Gasteiger charge is -2.57. The van der Waals surface area contributed by atoms with E-state index in [0.29, 0.717) is 32.1 Å². The van der Waals surface area contributed by atoms with E-state index in [1.165, 1.54) is 5.56 Å². The first kappa shape index (κ1) is 22.7. The summed E-state index contributed by atoms with van der Waals surface area (Å²) in [7, 11) is 0. The van der Waals surface area contributed by atoms with Gasteiger partial charge in [-0.2, -0.15) is 0 Å². The number of benzene rings is 1. The Morgan fingerprint density at radius 3 is 2.58 bits per heavy atom. The molecule has 2 atom stereocenters. The minimum Gasteiger partial charge on any atom is -0.491 e. The lowest BCUT2D eigenvalue weighted by Crippen LogP contribution is -2.75. The molecule has 2 unspecified atom stereocenters. The summed E-state index contributed by atoms with van der Waals surface area (Å²) in [4.78, 5) is 12.6. The molecule has 1 saturated carbocycles. The van der Waals surface area contributed by atoms with Crippen molar-refractivity contribution in [2.75, 3.05) is 19.8 Å². The molecule has 2 rings (SSSR count). The van der Waals surface area contributed by atoms with Crippen LogP contribution in [-0.2, 0) is 9.53 Å². The second kappa shape index (κ2) is 9.07. The summed E-state index contributed by atoms with van der Waals surface area (Å²) >= 11 is 0. The zero-order valence-electron chi connectivity index (χ0n) is 16.5. The van der Waals surface area contributed by atoms with Crippen molar-refractivity contribution in [1.29, 1.82) is 0 Å². The van der Waals surface area contributed by atoms with Crippen molar-refractivity contribution in [2.24, 2.45) is 11.1 Å². The molecule has 1 aromatic rings. The van der Waals surface area contributed by atoms with Gasteiger partial charge in [-0.25, -0.2) is 0 Å². The molecule has 1 fully saturated rings. The molecule has 1 amide bonds. The summed E-state index contributed by atoms with van der Waals surface area (Å²) < 4.78 is 11.5. The van der Waals surface area contributed by atoms with Crippen LogP contribution in [0.5, 0.6) is 5.75 Å². The number of hydrogen-bond acceptors (Lipinski definition) is 4. The van der Waals surface area contributed by atoms with Crippen molar-refractivity contribution < 1.29 is 14.3 Å². The fourth-order valence-electron chi connectivity index (χ4n) is 3.39. The van der Waals surface area contributed by atoms with Crippen LogP contribution in [0.4, 0.5) is 0 Å². The van der Waals surface area contributed by atoms with Gasteiger partial charge in [-0.05, 0) is 24.5 Å². The predicted octanol–water partition coefficient (Wildman–Crippen LogP) is 3.26. The molecule has 148 valence electrons. The minimum atomic E-state index is -0.886. The molecule has 0 spiro atoms. The summed E-state index contributed by atoms with van der Waals surface area (Å²) in [6, 6.07) is 8.00. The van der Waals surface area contributed by atoms with Gasteiger partial charge in [0.1, 0.15) is 17.9 Å². The van der Waals surface area contributed by atoms with Crippen molar-refractivity contribution in [3.8, 4) is 5.75 Å². The number of amides is 1. The van der Waals surface area contributed by atoms with E-state index in [2.05, 4.69) is 25.2 Å². The molecule has 26 heavy (non-hydrogen) atoms. The molecule has 0 heterocycles. The second-order valence-corrected chi connectivity index (χ2v) is 7.64. The molecule has 5 nitrogen and oxygen atoms in total. The smallest absolute Gasteiger partial charge is 0.240 e. The Hall–Kier alpha value is -1.30. The molecule has 1 aliphatic carbocycles. The van der Waals surface area contributed by atoms with Crippen LogP contribution in [0.25, 0.3) is 0 Å². The lowest BCUT2D eigenvalue weighted by molar-refractivity contribution is -0.170. The third kappa shape index (κ3) is 4.33. The van der Waals surface area contributed by atoms with Gasteiger partial charge in [-0.3, -0.25) is 4.79 Å². The summed E-state index contributed by atoms with van der Waals surface area (Å²) in [6.45, 7) is 11.7. The summed E-state index contributed by atoms with van der Waals surface area (Å²) in [5.74, 6) is 1.13. The molecule has 1 aliphatic rings. The molecular weight excluding hydrogens is 352 g/mol. The summed E-state index contributed by atoms with van der Waals surface area (Å²) in [5, 5.41) is 2.92. The van der Waals surface area contributed by atoms with Crippen LogP contribution in [0.1, 0.15) is 52.5 Å². The number of halogens is 1. The van der Waals surface area contributed by atoms with E-state index in [-0.39, 0.29) is 29.8 Å². The Balaban J connectivity index is 0.00000338. The van der Waals surface area contributed by atoms with Gasteiger partial charge in [0.25, 0.3) is 0 Å². The van der Waals surface area contributed by atoms with Gasteiger partial charge in [0.05, 0.1) is 12.6 Å². The molecule has 6 heteroatoms. The SMILES string of the molecule is CCOC1CC(N)(C(=O)NCCOc2ccccc2C(C)C)C1(C)C.Cl. The second-order valence-electron chi connectivity index (χ2n) is 7.64. The first-order chi connectivity index (χ1) is 11.7. The highest BCUT2D eigenvalue weighted by Gasteiger charge is 2.62. The van der Waals surface area contributed by atoms with Gasteiger partial charge in [0.2, 0.25) is 5.91 Å². The van der Waals surface area contributed by atoms with E-state index in [0.717, 1.165) is 5.75 Å². The topological polar surface area (TPSA) is 73.6 Å². The average Bonchev–Trinajstić information content (AvgIpc) is 2.58. The largest absolute Gasteiger partial charge is 0.491 e. The van der Waals surface area contributed by atoms with Gasteiger partial charge in [0, 0.05) is 18.4 Å². The zero-order valence-corrected chi connectivity index (χ0v) is 17.3. The van der Waals surface area contributed by atoms with E-state index in [1.807, 2.05) is 39.0 Å². The number of hydrogen-bond donors (Lipinski definition) is 2. The Kier molecular flexibility index (Phi) is 7.93. The minimum absolute atomic E-state index is 0. The van der Waals surface area contributed by atoms with E-state index in [9.17, 15) is 4.79 Å². The summed E-state index contributed by atoms with van der Waals surface area (Å²) in [5.41, 5.74) is 6.28. The van der Waals surface area contributed by atoms with E-state index in [1.54, 1.807) is 0 Å². The number of para-hydroxylation sites is 1. The van der Waals surface area contributed by atoms with Crippen LogP contribution in [0, 0.1) is 5.41 Å². The normalized spacial score (nSPS) is 23.7. The van der Waals surface area contributed by atoms with E-state index in [4.69, 9.17) is 15.2 Å². The van der Waals surface area contributed by atoms with Crippen molar-refractivity contribution in [2.45, 2.75) is 58.6 Å². The highest BCUT2D eigenvalue weighted by atomic mass is 35.5. The van der Waals surface area contributed by atoms with Gasteiger partial charge >= 0.3 is 0 Å². The third-order valence-electron chi connectivity index (χ3n) is 5.42. The Morgan fingerprint density at radius 2 is 2.00 bits per heavy atom. The number of ether oxygens (including phenoxy) is 2. The molecule has 0 saturated heterocycles. The van der Waals surface area contributed by atoms with Crippen LogP contribution in [0.15, 0.2) is 24.3 Å². The van der Waals surface area contributed by atoms with Gasteiger partial charge in [-0.15, -0.1) is 12.4 Å². The summed E-state index contributed by atoms with van der Waals surface area (Å²) in [6.07, 6.45) is 0.582. The van der Waals surface area contributed by atoms with Crippen molar-refractivity contribution in [1.82, 2.24) is 5.32 Å². The number of rotatable bonds is 8. The fraction of sp³-hybridized carbons (Fsp3) is 0.650. The lowest BCUT2D eigenvalue weighted by atomic mass is 9.54. The molecule has 0 radical (unpaired) electrons. The predicted molar refractivity (Wildman–Crippen MR) is 107 cm³/mol. The number of carbonyl (C=O) groups excluding carboxylic acids is 1. The Labute approximate surface area is 163 Å². The fourth-order valence-corrected chi connectivity index (χ4v) is 3.39. The van der Waals surface area contributed by atoms with Gasteiger partial charge in [-0.1, -0.05) is 45.9 Å². The number of carbonyl (C=O) groups is 1. The van der Waals surface area contributed by atoms with Crippen molar-refractivity contribution >= 4 is 18.3 Å². The zero-order chi connectivity index (χ0) is 18.7. The molecule has 1 aromatic carbocycles. The van der Waals surface area contributed by atoms with Crippen molar-refractivity contribution in [3.05, 3.63) is 29.8 Å². The monoisotopic (exact) mass is 384 g/mol. The highest BCUT2D eigenvalue weighted by molar-refractivity contribution is 5.88. The number of nitrogens with two attached hydrogens (primary N) is 1. The van der Waals surface area contributed by atoms with Gasteiger partial charge < -0.3 is 20.5 Å². The van der Waals surface area contributed by atoms with Gasteiger partial charge in [0.15, 0.2) is 0 Å². The Bertz CT molecular complexity index is 606. The maximum absolute atomic E-state index is 12.6.